The molecular weight excluding hydrogens is 196 g/mol. The van der Waals surface area contributed by atoms with Crippen LogP contribution in [0.5, 0.6) is 0 Å². The van der Waals surface area contributed by atoms with Gasteiger partial charge in [-0.1, -0.05) is 43.6 Å². The molecule has 1 nitrogen and oxygen atoms in total. The summed E-state index contributed by atoms with van der Waals surface area (Å²) in [6, 6.07) is 0. The minimum absolute atomic E-state index is 0.285. The van der Waals surface area contributed by atoms with Crippen molar-refractivity contribution in [2.24, 2.45) is 11.8 Å². The van der Waals surface area contributed by atoms with Crippen LogP contribution in [0.4, 0.5) is 0 Å². The molecule has 0 aromatic heterocycles. The monoisotopic (exact) mass is 220 g/mol. The van der Waals surface area contributed by atoms with Gasteiger partial charge in [0.15, 0.2) is 0 Å². The summed E-state index contributed by atoms with van der Waals surface area (Å²) in [4.78, 5) is 0. The quantitative estimate of drug-likeness (QED) is 0.515. The Morgan fingerprint density at radius 2 is 2.12 bits per heavy atom. The second kappa shape index (κ2) is 4.75. The first-order valence-corrected chi connectivity index (χ1v) is 6.60. The summed E-state index contributed by atoms with van der Waals surface area (Å²) < 4.78 is 5.75. The van der Waals surface area contributed by atoms with E-state index < -0.39 is 0 Å². The van der Waals surface area contributed by atoms with Crippen molar-refractivity contribution in [3.05, 3.63) is 23.8 Å². The second-order valence-electron chi connectivity index (χ2n) is 5.69. The first kappa shape index (κ1) is 11.9. The molecule has 0 radical (unpaired) electrons. The molecule has 16 heavy (non-hydrogen) atoms. The van der Waals surface area contributed by atoms with E-state index in [0.717, 1.165) is 12.5 Å². The van der Waals surface area contributed by atoms with E-state index in [1.54, 1.807) is 0 Å². The standard InChI is InChI=1S/C15H24O/c1-12(2)7-6-8-13(3)14-9-4-5-10-15(14)11-16-15/h6-8,13-14H,4-5,9-11H2,1-3H3/b8-6+. The Labute approximate surface area is 99.6 Å². The molecule has 0 aromatic rings. The molecule has 2 aliphatic rings. The lowest BCUT2D eigenvalue weighted by Gasteiger charge is -2.32. The van der Waals surface area contributed by atoms with Crippen LogP contribution in [-0.2, 0) is 4.74 Å². The number of rotatable bonds is 3. The summed E-state index contributed by atoms with van der Waals surface area (Å²) in [5.41, 5.74) is 1.65. The molecule has 1 saturated heterocycles. The van der Waals surface area contributed by atoms with Crippen molar-refractivity contribution in [1.29, 1.82) is 0 Å². The van der Waals surface area contributed by atoms with Crippen LogP contribution in [0.25, 0.3) is 0 Å². The molecule has 1 aliphatic carbocycles. The van der Waals surface area contributed by atoms with Crippen LogP contribution in [0, 0.1) is 11.8 Å². The van der Waals surface area contributed by atoms with E-state index in [9.17, 15) is 0 Å². The molecule has 2 fully saturated rings. The molecule has 1 spiro atoms. The highest BCUT2D eigenvalue weighted by Gasteiger charge is 2.53. The van der Waals surface area contributed by atoms with Crippen molar-refractivity contribution in [2.45, 2.75) is 52.1 Å². The van der Waals surface area contributed by atoms with Gasteiger partial charge in [-0.25, -0.2) is 0 Å². The molecule has 1 aliphatic heterocycles. The topological polar surface area (TPSA) is 12.5 Å². The molecule has 0 amide bonds. The molecule has 2 rings (SSSR count). The minimum atomic E-state index is 0.285. The Kier molecular flexibility index (Phi) is 3.53. The van der Waals surface area contributed by atoms with E-state index >= 15 is 0 Å². The molecular formula is C15H24O. The fourth-order valence-corrected chi connectivity index (χ4v) is 2.99. The first-order valence-electron chi connectivity index (χ1n) is 6.60. The average molecular weight is 220 g/mol. The number of hydrogen-bond donors (Lipinski definition) is 0. The Morgan fingerprint density at radius 1 is 1.38 bits per heavy atom. The maximum Gasteiger partial charge on any atom is 0.0950 e. The average Bonchev–Trinajstić information content (AvgIpc) is 2.98. The van der Waals surface area contributed by atoms with Crippen molar-refractivity contribution in [3.8, 4) is 0 Å². The number of allylic oxidation sites excluding steroid dienone is 4. The van der Waals surface area contributed by atoms with Gasteiger partial charge in [0.2, 0.25) is 0 Å². The van der Waals surface area contributed by atoms with E-state index in [0.29, 0.717) is 5.92 Å². The van der Waals surface area contributed by atoms with E-state index in [1.165, 1.54) is 31.3 Å². The largest absolute Gasteiger partial charge is 0.369 e. The molecule has 1 heteroatoms. The number of epoxide rings is 1. The van der Waals surface area contributed by atoms with E-state index in [4.69, 9.17) is 4.74 Å². The highest BCUT2D eigenvalue weighted by Crippen LogP contribution is 2.49. The Hall–Kier alpha value is -0.560. The lowest BCUT2D eigenvalue weighted by molar-refractivity contribution is 0.131. The fourth-order valence-electron chi connectivity index (χ4n) is 2.99. The van der Waals surface area contributed by atoms with Crippen molar-refractivity contribution in [1.82, 2.24) is 0 Å². The van der Waals surface area contributed by atoms with E-state index in [1.807, 2.05) is 0 Å². The van der Waals surface area contributed by atoms with Crippen LogP contribution < -0.4 is 0 Å². The summed E-state index contributed by atoms with van der Waals surface area (Å²) in [6.45, 7) is 7.63. The molecule has 0 aromatic carbocycles. The van der Waals surface area contributed by atoms with Crippen LogP contribution in [0.1, 0.15) is 46.5 Å². The Morgan fingerprint density at radius 3 is 2.75 bits per heavy atom. The van der Waals surface area contributed by atoms with Gasteiger partial charge in [0.25, 0.3) is 0 Å². The van der Waals surface area contributed by atoms with Crippen molar-refractivity contribution in [2.75, 3.05) is 6.61 Å². The van der Waals surface area contributed by atoms with Gasteiger partial charge in [-0.3, -0.25) is 0 Å². The molecule has 0 bridgehead atoms. The summed E-state index contributed by atoms with van der Waals surface area (Å²) in [7, 11) is 0. The molecule has 3 unspecified atom stereocenters. The van der Waals surface area contributed by atoms with Gasteiger partial charge in [-0.15, -0.1) is 0 Å². The Bertz CT molecular complexity index is 293. The predicted molar refractivity (Wildman–Crippen MR) is 68.4 cm³/mol. The third kappa shape index (κ3) is 2.57. The molecule has 3 atom stereocenters. The summed E-state index contributed by atoms with van der Waals surface area (Å²) in [5.74, 6) is 1.40. The summed E-state index contributed by atoms with van der Waals surface area (Å²) >= 11 is 0. The van der Waals surface area contributed by atoms with Gasteiger partial charge in [-0.05, 0) is 38.5 Å². The van der Waals surface area contributed by atoms with Crippen molar-refractivity contribution in [3.63, 3.8) is 0 Å². The summed E-state index contributed by atoms with van der Waals surface area (Å²) in [5, 5.41) is 0. The third-order valence-corrected chi connectivity index (χ3v) is 4.03. The van der Waals surface area contributed by atoms with Crippen LogP contribution in [0.15, 0.2) is 23.8 Å². The van der Waals surface area contributed by atoms with Gasteiger partial charge >= 0.3 is 0 Å². The van der Waals surface area contributed by atoms with Gasteiger partial charge in [-0.2, -0.15) is 0 Å². The first-order chi connectivity index (χ1) is 7.64. The SMILES string of the molecule is CC(C)=C/C=C/C(C)C1CCCCC12CO2. The fraction of sp³-hybridized carbons (Fsp3) is 0.733. The number of hydrogen-bond acceptors (Lipinski definition) is 1. The lowest BCUT2D eigenvalue weighted by Crippen LogP contribution is -2.32. The Balaban J connectivity index is 1.95. The lowest BCUT2D eigenvalue weighted by atomic mass is 9.73. The van der Waals surface area contributed by atoms with Crippen LogP contribution in [0.2, 0.25) is 0 Å². The van der Waals surface area contributed by atoms with Gasteiger partial charge in [0.05, 0.1) is 12.2 Å². The smallest absolute Gasteiger partial charge is 0.0950 e. The zero-order valence-corrected chi connectivity index (χ0v) is 10.8. The highest BCUT2D eigenvalue weighted by molar-refractivity contribution is 5.12. The molecule has 90 valence electrons. The maximum atomic E-state index is 5.75. The van der Waals surface area contributed by atoms with Crippen molar-refractivity contribution < 1.29 is 4.74 Å². The van der Waals surface area contributed by atoms with E-state index in [2.05, 4.69) is 39.0 Å². The second-order valence-corrected chi connectivity index (χ2v) is 5.69. The maximum absolute atomic E-state index is 5.75. The minimum Gasteiger partial charge on any atom is -0.369 e. The summed E-state index contributed by atoms with van der Waals surface area (Å²) in [6.07, 6.45) is 12.1. The van der Waals surface area contributed by atoms with Crippen molar-refractivity contribution >= 4 is 0 Å². The van der Waals surface area contributed by atoms with E-state index in [-0.39, 0.29) is 5.60 Å². The predicted octanol–water partition coefficient (Wildman–Crippen LogP) is 4.10. The van der Waals surface area contributed by atoms with Crippen LogP contribution >= 0.6 is 0 Å². The van der Waals surface area contributed by atoms with Gasteiger partial charge in [0, 0.05) is 0 Å². The van der Waals surface area contributed by atoms with Crippen LogP contribution in [0.3, 0.4) is 0 Å². The van der Waals surface area contributed by atoms with Gasteiger partial charge < -0.3 is 4.74 Å². The zero-order valence-electron chi connectivity index (χ0n) is 10.8. The zero-order chi connectivity index (χ0) is 11.6. The molecule has 0 N–H and O–H groups in total. The molecule has 1 heterocycles. The van der Waals surface area contributed by atoms with Gasteiger partial charge in [0.1, 0.15) is 0 Å². The highest BCUT2D eigenvalue weighted by atomic mass is 16.6. The number of ether oxygens (including phenoxy) is 1. The third-order valence-electron chi connectivity index (χ3n) is 4.03. The normalized spacial score (nSPS) is 35.3. The van der Waals surface area contributed by atoms with Crippen LogP contribution in [-0.4, -0.2) is 12.2 Å². The molecule has 1 saturated carbocycles.